The molecule has 1 amide bonds. The number of nitrogens with one attached hydrogen (secondary N) is 2. The van der Waals surface area contributed by atoms with Crippen LogP contribution in [0.3, 0.4) is 0 Å². The van der Waals surface area contributed by atoms with Crippen molar-refractivity contribution < 1.29 is 4.79 Å². The Labute approximate surface area is 169 Å². The van der Waals surface area contributed by atoms with Gasteiger partial charge in [-0.2, -0.15) is 0 Å². The predicted molar refractivity (Wildman–Crippen MR) is 115 cm³/mol. The molecule has 6 heteroatoms. The van der Waals surface area contributed by atoms with Crippen LogP contribution in [0, 0.1) is 6.92 Å². The summed E-state index contributed by atoms with van der Waals surface area (Å²) in [4.78, 5) is 21.4. The van der Waals surface area contributed by atoms with Crippen LogP contribution >= 0.6 is 0 Å². The zero-order chi connectivity index (χ0) is 20.2. The monoisotopic (exact) mass is 383 g/mol. The molecule has 2 N–H and O–H groups in total. The Bertz CT molecular complexity index is 1130. The third kappa shape index (κ3) is 4.32. The maximum Gasteiger partial charge on any atom is 0.272 e. The van der Waals surface area contributed by atoms with Gasteiger partial charge in [-0.15, -0.1) is 0 Å². The molecule has 0 unspecified atom stereocenters. The minimum absolute atomic E-state index is 0.160. The summed E-state index contributed by atoms with van der Waals surface area (Å²) < 4.78 is 1.80. The summed E-state index contributed by atoms with van der Waals surface area (Å²) in [6, 6.07) is 19.3. The number of carbonyl (C=O) groups excluding carboxylic acids is 1. The third-order valence-electron chi connectivity index (χ3n) is 4.53. The van der Waals surface area contributed by atoms with Gasteiger partial charge in [0, 0.05) is 48.1 Å². The van der Waals surface area contributed by atoms with Crippen LogP contribution in [0.5, 0.6) is 0 Å². The number of aryl methyl sites for hydroxylation is 2. The molecule has 4 rings (SSSR count). The predicted octanol–water partition coefficient (Wildman–Crippen LogP) is 4.79. The van der Waals surface area contributed by atoms with Gasteiger partial charge in [-0.3, -0.25) is 4.79 Å². The summed E-state index contributed by atoms with van der Waals surface area (Å²) in [5.74, 6) is 0.362. The van der Waals surface area contributed by atoms with Crippen molar-refractivity contribution in [1.82, 2.24) is 14.5 Å². The molecular formula is C23H21N5O. The zero-order valence-corrected chi connectivity index (χ0v) is 16.3. The second kappa shape index (κ2) is 7.98. The smallest absolute Gasteiger partial charge is 0.272 e. The molecule has 0 spiro atoms. The molecule has 4 aromatic rings. The van der Waals surface area contributed by atoms with Crippen molar-refractivity contribution in [3.63, 3.8) is 0 Å². The Balaban J connectivity index is 1.50. The normalized spacial score (nSPS) is 10.6. The van der Waals surface area contributed by atoms with E-state index in [4.69, 9.17) is 0 Å². The summed E-state index contributed by atoms with van der Waals surface area (Å²) in [5.41, 5.74) is 5.08. The number of benzene rings is 2. The molecule has 6 nitrogen and oxygen atoms in total. The van der Waals surface area contributed by atoms with Gasteiger partial charge in [0.05, 0.1) is 0 Å². The highest BCUT2D eigenvalue weighted by molar-refractivity contribution is 6.04. The first kappa shape index (κ1) is 18.4. The number of nitrogens with zero attached hydrogens (tertiary/aromatic N) is 3. The first-order chi connectivity index (χ1) is 14.1. The molecule has 0 saturated carbocycles. The van der Waals surface area contributed by atoms with Crippen LogP contribution in [-0.4, -0.2) is 20.4 Å². The number of hydrogen-bond acceptors (Lipinski definition) is 4. The highest BCUT2D eigenvalue weighted by Gasteiger charge is 2.14. The summed E-state index contributed by atoms with van der Waals surface area (Å²) in [6.45, 7) is 1.99. The number of rotatable bonds is 5. The highest BCUT2D eigenvalue weighted by Crippen LogP contribution is 2.22. The van der Waals surface area contributed by atoms with Crippen molar-refractivity contribution in [1.29, 1.82) is 0 Å². The van der Waals surface area contributed by atoms with Gasteiger partial charge >= 0.3 is 0 Å². The fourth-order valence-corrected chi connectivity index (χ4v) is 3.06. The average molecular weight is 383 g/mol. The van der Waals surface area contributed by atoms with E-state index in [1.165, 1.54) is 0 Å². The van der Waals surface area contributed by atoms with E-state index in [2.05, 4.69) is 20.6 Å². The van der Waals surface area contributed by atoms with E-state index in [1.54, 1.807) is 17.0 Å². The average Bonchev–Trinajstić information content (AvgIpc) is 3.11. The molecule has 2 aromatic carbocycles. The Hall–Kier alpha value is -3.93. The van der Waals surface area contributed by atoms with E-state index in [-0.39, 0.29) is 5.91 Å². The first-order valence-electron chi connectivity index (χ1n) is 9.27. The van der Waals surface area contributed by atoms with E-state index >= 15 is 0 Å². The number of anilines is 3. The molecule has 0 saturated heterocycles. The zero-order valence-electron chi connectivity index (χ0n) is 16.3. The van der Waals surface area contributed by atoms with Crippen molar-refractivity contribution in [2.75, 3.05) is 10.6 Å². The van der Waals surface area contributed by atoms with Crippen LogP contribution < -0.4 is 10.6 Å². The van der Waals surface area contributed by atoms with E-state index < -0.39 is 0 Å². The summed E-state index contributed by atoms with van der Waals surface area (Å²) >= 11 is 0. The molecular weight excluding hydrogens is 362 g/mol. The maximum absolute atomic E-state index is 12.7. The molecule has 144 valence electrons. The minimum atomic E-state index is -0.160. The fourth-order valence-electron chi connectivity index (χ4n) is 3.06. The molecule has 0 atom stereocenters. The van der Waals surface area contributed by atoms with Gasteiger partial charge in [0.15, 0.2) is 0 Å². The number of hydrogen-bond donors (Lipinski definition) is 2. The van der Waals surface area contributed by atoms with Crippen molar-refractivity contribution >= 4 is 23.2 Å². The number of para-hydroxylation sites is 1. The maximum atomic E-state index is 12.7. The van der Waals surface area contributed by atoms with Crippen LogP contribution in [0.25, 0.3) is 11.1 Å². The van der Waals surface area contributed by atoms with Gasteiger partial charge in [-0.05, 0) is 42.8 Å². The first-order valence-corrected chi connectivity index (χ1v) is 9.27. The van der Waals surface area contributed by atoms with Crippen LogP contribution in [0.4, 0.5) is 17.3 Å². The summed E-state index contributed by atoms with van der Waals surface area (Å²) in [7, 11) is 1.85. The van der Waals surface area contributed by atoms with Crippen LogP contribution in [0.15, 0.2) is 79.3 Å². The topological polar surface area (TPSA) is 71.8 Å². The van der Waals surface area contributed by atoms with E-state index in [1.807, 2.05) is 80.8 Å². The molecule has 0 aliphatic heterocycles. The van der Waals surface area contributed by atoms with Gasteiger partial charge < -0.3 is 15.2 Å². The molecule has 0 aliphatic carbocycles. The van der Waals surface area contributed by atoms with Crippen LogP contribution in [0.2, 0.25) is 0 Å². The lowest BCUT2D eigenvalue weighted by molar-refractivity contribution is 0.101. The lowest BCUT2D eigenvalue weighted by Crippen LogP contribution is -2.15. The molecule has 29 heavy (non-hydrogen) atoms. The van der Waals surface area contributed by atoms with Crippen molar-refractivity contribution in [2.45, 2.75) is 6.92 Å². The van der Waals surface area contributed by atoms with Gasteiger partial charge in [-0.1, -0.05) is 30.3 Å². The van der Waals surface area contributed by atoms with Crippen LogP contribution in [-0.2, 0) is 7.05 Å². The second-order valence-electron chi connectivity index (χ2n) is 6.83. The van der Waals surface area contributed by atoms with Crippen LogP contribution in [0.1, 0.15) is 16.1 Å². The molecule has 0 radical (unpaired) electrons. The van der Waals surface area contributed by atoms with E-state index in [0.29, 0.717) is 11.6 Å². The lowest BCUT2D eigenvalue weighted by Gasteiger charge is -2.06. The van der Waals surface area contributed by atoms with E-state index in [9.17, 15) is 4.79 Å². The Morgan fingerprint density at radius 2 is 1.62 bits per heavy atom. The van der Waals surface area contributed by atoms with Gasteiger partial charge in [0.2, 0.25) is 5.95 Å². The van der Waals surface area contributed by atoms with Gasteiger partial charge in [0.25, 0.3) is 5.91 Å². The third-order valence-corrected chi connectivity index (χ3v) is 4.53. The minimum Gasteiger partial charge on any atom is -0.346 e. The quantitative estimate of drug-likeness (QED) is 0.520. The fraction of sp³-hybridized carbons (Fsp3) is 0.0870. The van der Waals surface area contributed by atoms with Gasteiger partial charge in [-0.25, -0.2) is 9.97 Å². The molecule has 0 fully saturated rings. The SMILES string of the molecule is Cc1cccc(NC(=O)c2cc(-c3cnc(Nc4ccccc4)nc3)cn2C)c1. The largest absolute Gasteiger partial charge is 0.346 e. The van der Waals surface area contributed by atoms with Crippen molar-refractivity contribution in [3.8, 4) is 11.1 Å². The standard InChI is InChI=1S/C23H21N5O/c1-16-7-6-10-20(11-16)26-22(29)21-12-17(15-28(21)2)18-13-24-23(25-14-18)27-19-8-4-3-5-9-19/h3-15H,1-2H3,(H,26,29)(H,24,25,27). The molecule has 2 aromatic heterocycles. The van der Waals surface area contributed by atoms with Gasteiger partial charge in [0.1, 0.15) is 5.69 Å². The molecule has 0 aliphatic rings. The van der Waals surface area contributed by atoms with Crippen molar-refractivity contribution in [2.24, 2.45) is 7.05 Å². The molecule has 2 heterocycles. The lowest BCUT2D eigenvalue weighted by atomic mass is 10.2. The number of carbonyl (C=O) groups is 1. The Morgan fingerprint density at radius 1 is 0.897 bits per heavy atom. The summed E-state index contributed by atoms with van der Waals surface area (Å²) in [6.07, 6.45) is 5.39. The Morgan fingerprint density at radius 3 is 2.34 bits per heavy atom. The molecule has 0 bridgehead atoms. The highest BCUT2D eigenvalue weighted by atomic mass is 16.1. The summed E-state index contributed by atoms with van der Waals surface area (Å²) in [5, 5.41) is 6.10. The number of aromatic nitrogens is 3. The second-order valence-corrected chi connectivity index (χ2v) is 6.83. The number of amides is 1. The van der Waals surface area contributed by atoms with Crippen molar-refractivity contribution in [3.05, 3.63) is 90.5 Å². The van der Waals surface area contributed by atoms with E-state index in [0.717, 1.165) is 28.1 Å². The Kier molecular flexibility index (Phi) is 5.07.